The van der Waals surface area contributed by atoms with Crippen molar-refractivity contribution in [2.75, 3.05) is 0 Å². The number of hydrogen-bond donors (Lipinski definition) is 1. The van der Waals surface area contributed by atoms with Gasteiger partial charge >= 0.3 is 0 Å². The summed E-state index contributed by atoms with van der Waals surface area (Å²) in [6.07, 6.45) is 0.531. The topological polar surface area (TPSA) is 52.9 Å². The van der Waals surface area contributed by atoms with Gasteiger partial charge in [0.05, 0.1) is 6.07 Å². The zero-order chi connectivity index (χ0) is 12.0. The second-order valence-corrected chi connectivity index (χ2v) is 3.87. The molecule has 1 amide bonds. The Kier molecular flexibility index (Phi) is 4.81. The number of nitrogens with zero attached hydrogens (tertiary/aromatic N) is 1. The van der Waals surface area contributed by atoms with Crippen LogP contribution in [0.3, 0.4) is 0 Å². The van der Waals surface area contributed by atoms with Crippen LogP contribution >= 0.6 is 11.6 Å². The normalized spacial score (nSPS) is 11.6. The fourth-order valence-corrected chi connectivity index (χ4v) is 1.38. The SMILES string of the molecule is CCC(C#N)C(=O)NCc1ccc(Cl)cc1. The Labute approximate surface area is 100 Å². The van der Waals surface area contributed by atoms with Gasteiger partial charge in [0.2, 0.25) is 5.91 Å². The Balaban J connectivity index is 2.49. The van der Waals surface area contributed by atoms with Crippen LogP contribution in [0.15, 0.2) is 24.3 Å². The van der Waals surface area contributed by atoms with Crippen LogP contribution < -0.4 is 5.32 Å². The van der Waals surface area contributed by atoms with Crippen molar-refractivity contribution in [2.24, 2.45) is 5.92 Å². The van der Waals surface area contributed by atoms with Gasteiger partial charge in [-0.25, -0.2) is 0 Å². The molecule has 3 nitrogen and oxygen atoms in total. The molecule has 16 heavy (non-hydrogen) atoms. The molecule has 0 saturated carbocycles. The van der Waals surface area contributed by atoms with Crippen LogP contribution in [-0.2, 0) is 11.3 Å². The molecule has 1 aromatic rings. The van der Waals surface area contributed by atoms with Crippen molar-refractivity contribution < 1.29 is 4.79 Å². The van der Waals surface area contributed by atoms with E-state index in [1.165, 1.54) is 0 Å². The first kappa shape index (κ1) is 12.5. The van der Waals surface area contributed by atoms with Crippen molar-refractivity contribution in [1.29, 1.82) is 5.26 Å². The monoisotopic (exact) mass is 236 g/mol. The second kappa shape index (κ2) is 6.14. The quantitative estimate of drug-likeness (QED) is 0.873. The van der Waals surface area contributed by atoms with E-state index in [4.69, 9.17) is 16.9 Å². The molecular weight excluding hydrogens is 224 g/mol. The minimum atomic E-state index is -0.563. The molecule has 0 aliphatic heterocycles. The highest BCUT2D eigenvalue weighted by Crippen LogP contribution is 2.09. The zero-order valence-electron chi connectivity index (χ0n) is 9.03. The van der Waals surface area contributed by atoms with Gasteiger partial charge in [-0.15, -0.1) is 0 Å². The van der Waals surface area contributed by atoms with Crippen molar-refractivity contribution in [1.82, 2.24) is 5.32 Å². The van der Waals surface area contributed by atoms with Crippen LogP contribution in [0, 0.1) is 17.2 Å². The summed E-state index contributed by atoms with van der Waals surface area (Å²) in [5, 5.41) is 12.1. The van der Waals surface area contributed by atoms with Crippen molar-refractivity contribution in [3.8, 4) is 6.07 Å². The van der Waals surface area contributed by atoms with Crippen LogP contribution in [0.5, 0.6) is 0 Å². The van der Waals surface area contributed by atoms with Gasteiger partial charge in [-0.2, -0.15) is 5.26 Å². The number of amides is 1. The fraction of sp³-hybridized carbons (Fsp3) is 0.333. The first-order chi connectivity index (χ1) is 7.67. The minimum Gasteiger partial charge on any atom is -0.351 e. The molecule has 84 valence electrons. The van der Waals surface area contributed by atoms with Gasteiger partial charge in [0, 0.05) is 11.6 Å². The molecule has 0 aromatic heterocycles. The molecule has 0 fully saturated rings. The predicted molar refractivity (Wildman–Crippen MR) is 62.7 cm³/mol. The Morgan fingerprint density at radius 3 is 2.62 bits per heavy atom. The third-order valence-electron chi connectivity index (χ3n) is 2.26. The van der Waals surface area contributed by atoms with E-state index < -0.39 is 5.92 Å². The molecular formula is C12H13ClN2O. The number of carbonyl (C=O) groups excluding carboxylic acids is 1. The molecule has 4 heteroatoms. The lowest BCUT2D eigenvalue weighted by molar-refractivity contribution is -0.123. The molecule has 1 atom stereocenters. The van der Waals surface area contributed by atoms with Crippen LogP contribution in [0.1, 0.15) is 18.9 Å². The smallest absolute Gasteiger partial charge is 0.237 e. The minimum absolute atomic E-state index is 0.222. The molecule has 0 saturated heterocycles. The highest BCUT2D eigenvalue weighted by Gasteiger charge is 2.14. The average Bonchev–Trinajstić information content (AvgIpc) is 2.30. The largest absolute Gasteiger partial charge is 0.351 e. The van der Waals surface area contributed by atoms with Crippen molar-refractivity contribution in [3.63, 3.8) is 0 Å². The van der Waals surface area contributed by atoms with E-state index in [9.17, 15) is 4.79 Å². The number of nitriles is 1. The molecule has 1 unspecified atom stereocenters. The molecule has 1 rings (SSSR count). The average molecular weight is 237 g/mol. The van der Waals surface area contributed by atoms with E-state index in [-0.39, 0.29) is 5.91 Å². The van der Waals surface area contributed by atoms with Crippen molar-refractivity contribution in [2.45, 2.75) is 19.9 Å². The van der Waals surface area contributed by atoms with E-state index in [1.54, 1.807) is 12.1 Å². The maximum absolute atomic E-state index is 11.5. The number of benzene rings is 1. The van der Waals surface area contributed by atoms with Crippen LogP contribution in [0.4, 0.5) is 0 Å². The Morgan fingerprint density at radius 1 is 1.50 bits per heavy atom. The van der Waals surface area contributed by atoms with Gasteiger partial charge in [-0.3, -0.25) is 4.79 Å². The first-order valence-electron chi connectivity index (χ1n) is 5.09. The van der Waals surface area contributed by atoms with Gasteiger partial charge < -0.3 is 5.32 Å². The van der Waals surface area contributed by atoms with Crippen molar-refractivity contribution >= 4 is 17.5 Å². The van der Waals surface area contributed by atoms with Gasteiger partial charge in [0.15, 0.2) is 0 Å². The van der Waals surface area contributed by atoms with Crippen molar-refractivity contribution in [3.05, 3.63) is 34.9 Å². The predicted octanol–water partition coefficient (Wildman–Crippen LogP) is 2.51. The number of hydrogen-bond acceptors (Lipinski definition) is 2. The Morgan fingerprint density at radius 2 is 2.12 bits per heavy atom. The Hall–Kier alpha value is -1.53. The van der Waals surface area contributed by atoms with E-state index in [1.807, 2.05) is 25.1 Å². The number of carbonyl (C=O) groups is 1. The molecule has 0 spiro atoms. The molecule has 1 N–H and O–H groups in total. The summed E-state index contributed by atoms with van der Waals surface area (Å²) in [5.41, 5.74) is 0.963. The van der Waals surface area contributed by atoms with Gasteiger partial charge in [-0.05, 0) is 24.1 Å². The second-order valence-electron chi connectivity index (χ2n) is 3.43. The standard InChI is InChI=1S/C12H13ClN2O/c1-2-10(7-14)12(16)15-8-9-3-5-11(13)6-4-9/h3-6,10H,2,8H2,1H3,(H,15,16). The van der Waals surface area contributed by atoms with E-state index in [0.717, 1.165) is 5.56 Å². The number of nitrogens with one attached hydrogen (secondary N) is 1. The Bertz CT molecular complexity index is 394. The summed E-state index contributed by atoms with van der Waals surface area (Å²) in [5.74, 6) is -0.785. The molecule has 1 aromatic carbocycles. The van der Waals surface area contributed by atoms with Gasteiger partial charge in [-0.1, -0.05) is 30.7 Å². The summed E-state index contributed by atoms with van der Waals surface area (Å²) < 4.78 is 0. The molecule has 0 aliphatic rings. The summed E-state index contributed by atoms with van der Waals surface area (Å²) >= 11 is 5.74. The van der Waals surface area contributed by atoms with Crippen LogP contribution in [-0.4, -0.2) is 5.91 Å². The first-order valence-corrected chi connectivity index (χ1v) is 5.47. The van der Waals surface area contributed by atoms with Gasteiger partial charge in [0.25, 0.3) is 0 Å². The van der Waals surface area contributed by atoms with E-state index in [2.05, 4.69) is 5.32 Å². The summed E-state index contributed by atoms with van der Waals surface area (Å²) in [6, 6.07) is 9.19. The lowest BCUT2D eigenvalue weighted by Crippen LogP contribution is -2.29. The highest BCUT2D eigenvalue weighted by molar-refractivity contribution is 6.30. The molecule has 0 bridgehead atoms. The maximum Gasteiger partial charge on any atom is 0.237 e. The van der Waals surface area contributed by atoms with Crippen LogP contribution in [0.25, 0.3) is 0 Å². The number of rotatable bonds is 4. The summed E-state index contributed by atoms with van der Waals surface area (Å²) in [4.78, 5) is 11.5. The molecule has 0 heterocycles. The van der Waals surface area contributed by atoms with E-state index >= 15 is 0 Å². The van der Waals surface area contributed by atoms with E-state index in [0.29, 0.717) is 18.0 Å². The van der Waals surface area contributed by atoms with Gasteiger partial charge in [0.1, 0.15) is 5.92 Å². The third kappa shape index (κ3) is 3.56. The fourth-order valence-electron chi connectivity index (χ4n) is 1.25. The summed E-state index contributed by atoms with van der Waals surface area (Å²) in [7, 11) is 0. The lowest BCUT2D eigenvalue weighted by atomic mass is 10.1. The maximum atomic E-state index is 11.5. The molecule has 0 aliphatic carbocycles. The molecule has 0 radical (unpaired) electrons. The summed E-state index contributed by atoms with van der Waals surface area (Å²) in [6.45, 7) is 2.24. The van der Waals surface area contributed by atoms with Crippen LogP contribution in [0.2, 0.25) is 5.02 Å². The lowest BCUT2D eigenvalue weighted by Gasteiger charge is -2.08. The third-order valence-corrected chi connectivity index (χ3v) is 2.51. The number of halogens is 1. The highest BCUT2D eigenvalue weighted by atomic mass is 35.5. The zero-order valence-corrected chi connectivity index (χ0v) is 9.79.